The minimum Gasteiger partial charge on any atom is -0.460 e. The predicted molar refractivity (Wildman–Crippen MR) is 179 cm³/mol. The molecule has 3 heterocycles. The lowest BCUT2D eigenvalue weighted by Gasteiger charge is -2.25. The summed E-state index contributed by atoms with van der Waals surface area (Å²) in [6, 6.07) is 15.3. The van der Waals surface area contributed by atoms with Crippen LogP contribution in [0.15, 0.2) is 82.6 Å². The Morgan fingerprint density at radius 2 is 1.84 bits per heavy atom. The third-order valence-corrected chi connectivity index (χ3v) is 10.1. The molecule has 0 amide bonds. The molecule has 1 aliphatic heterocycles. The number of fused-ring (bicyclic) bond motifs is 1. The van der Waals surface area contributed by atoms with Gasteiger partial charge in [0.15, 0.2) is 0 Å². The maximum Gasteiger partial charge on any atom is 0.459 e. The topological polar surface area (TPSA) is 189 Å². The monoisotopic (exact) mass is 710 g/mol. The summed E-state index contributed by atoms with van der Waals surface area (Å²) in [6.07, 6.45) is 0.270. The van der Waals surface area contributed by atoms with E-state index in [1.807, 2.05) is 18.2 Å². The minimum absolute atomic E-state index is 0.0152. The van der Waals surface area contributed by atoms with E-state index in [2.05, 4.69) is 10.1 Å². The van der Waals surface area contributed by atoms with E-state index < -0.39 is 73.2 Å². The molecule has 1 unspecified atom stereocenters. The number of nitrogens with one attached hydrogen (secondary N) is 2. The number of nitrogens with zero attached hydrogens (tertiary/aromatic N) is 2. The summed E-state index contributed by atoms with van der Waals surface area (Å²) in [7, 11) is -4.43. The van der Waals surface area contributed by atoms with E-state index in [-0.39, 0.29) is 12.4 Å². The molecule has 2 fully saturated rings. The number of aromatic nitrogens is 3. The second-order valence-electron chi connectivity index (χ2n) is 13.4. The normalized spacial score (nSPS) is 21.4. The van der Waals surface area contributed by atoms with Gasteiger partial charge < -0.3 is 23.8 Å². The lowest BCUT2D eigenvalue weighted by molar-refractivity contribution is -0.146. The molecule has 4 aromatic rings. The summed E-state index contributed by atoms with van der Waals surface area (Å²) in [5.74, 6) is -0.637. The number of aliphatic hydroxyl groups excluding tert-OH is 1. The number of esters is 1. The number of hydrogen-bond acceptors (Lipinski definition) is 11. The predicted octanol–water partition coefficient (Wildman–Crippen LogP) is 4.24. The van der Waals surface area contributed by atoms with Crippen molar-refractivity contribution in [3.05, 3.63) is 99.5 Å². The summed E-state index contributed by atoms with van der Waals surface area (Å²) in [5.41, 5.74) is -1.53. The zero-order valence-electron chi connectivity index (χ0n) is 27.9. The number of rotatable bonds is 11. The van der Waals surface area contributed by atoms with Gasteiger partial charge in [0.05, 0.1) is 18.2 Å². The smallest absolute Gasteiger partial charge is 0.459 e. The van der Waals surface area contributed by atoms with Crippen molar-refractivity contribution >= 4 is 30.7 Å². The second kappa shape index (κ2) is 13.6. The van der Waals surface area contributed by atoms with Crippen LogP contribution in [0.5, 0.6) is 5.75 Å². The Morgan fingerprint density at radius 1 is 1.10 bits per heavy atom. The van der Waals surface area contributed by atoms with Crippen molar-refractivity contribution in [1.82, 2.24) is 19.2 Å². The van der Waals surface area contributed by atoms with E-state index in [4.69, 9.17) is 23.3 Å². The highest BCUT2D eigenvalue weighted by atomic mass is 31.2. The third-order valence-electron chi connectivity index (χ3n) is 8.48. The maximum absolute atomic E-state index is 14.4. The van der Waals surface area contributed by atoms with Crippen molar-refractivity contribution < 1.29 is 42.5 Å². The van der Waals surface area contributed by atoms with Crippen LogP contribution in [0, 0.1) is 5.41 Å². The molecule has 2 aromatic carbocycles. The molecule has 16 heteroatoms. The highest BCUT2D eigenvalue weighted by molar-refractivity contribution is 7.52. The Bertz CT molecular complexity index is 2050. The van der Waals surface area contributed by atoms with Gasteiger partial charge in [-0.1, -0.05) is 30.3 Å². The largest absolute Gasteiger partial charge is 0.460 e. The molecule has 1 spiro atoms. The fourth-order valence-electron chi connectivity index (χ4n) is 5.86. The van der Waals surface area contributed by atoms with Crippen LogP contribution in [0.1, 0.15) is 52.3 Å². The molecule has 2 aromatic heterocycles. The lowest BCUT2D eigenvalue weighted by Crippen LogP contribution is -2.37. The van der Waals surface area contributed by atoms with Gasteiger partial charge in [-0.05, 0) is 70.4 Å². The summed E-state index contributed by atoms with van der Waals surface area (Å²) in [6.45, 7) is 6.25. The highest BCUT2D eigenvalue weighted by Gasteiger charge is 2.64. The number of hydrogen-bond donors (Lipinski definition) is 3. The maximum atomic E-state index is 14.4. The van der Waals surface area contributed by atoms with Crippen LogP contribution >= 0.6 is 7.75 Å². The van der Waals surface area contributed by atoms with Crippen molar-refractivity contribution in [2.45, 2.75) is 77.2 Å². The van der Waals surface area contributed by atoms with Gasteiger partial charge in [0.2, 0.25) is 0 Å². The van der Waals surface area contributed by atoms with Crippen molar-refractivity contribution in [3.63, 3.8) is 0 Å². The van der Waals surface area contributed by atoms with E-state index in [1.54, 1.807) is 57.3 Å². The molecule has 266 valence electrons. The molecule has 15 nitrogen and oxygen atoms in total. The second-order valence-corrected chi connectivity index (χ2v) is 15.1. The van der Waals surface area contributed by atoms with Crippen LogP contribution < -0.4 is 20.9 Å². The number of ether oxygens (including phenoxy) is 3. The Balaban J connectivity index is 1.22. The van der Waals surface area contributed by atoms with Crippen molar-refractivity contribution in [1.29, 1.82) is 0 Å². The van der Waals surface area contributed by atoms with Crippen LogP contribution in [0.3, 0.4) is 0 Å². The zero-order chi connectivity index (χ0) is 35.8. The van der Waals surface area contributed by atoms with Crippen LogP contribution in [0.2, 0.25) is 0 Å². The third kappa shape index (κ3) is 7.62. The van der Waals surface area contributed by atoms with Crippen LogP contribution in [0.4, 0.5) is 4.79 Å². The summed E-state index contributed by atoms with van der Waals surface area (Å²) in [5, 5.41) is 14.5. The first-order valence-corrected chi connectivity index (χ1v) is 17.6. The lowest BCUT2D eigenvalue weighted by atomic mass is 9.96. The highest BCUT2D eigenvalue weighted by Crippen LogP contribution is 2.62. The number of H-pyrrole nitrogens is 1. The molecule has 5 atom stereocenters. The summed E-state index contributed by atoms with van der Waals surface area (Å²) in [4.78, 5) is 52.1. The molecule has 1 aliphatic carbocycles. The molecule has 1 saturated heterocycles. The number of carbonyl (C=O) groups is 2. The molecule has 2 aliphatic rings. The van der Waals surface area contributed by atoms with Crippen molar-refractivity contribution in [3.8, 4) is 5.75 Å². The molecule has 0 radical (unpaired) electrons. The first-order valence-electron chi connectivity index (χ1n) is 16.1. The fourth-order valence-corrected chi connectivity index (χ4v) is 7.35. The zero-order valence-corrected chi connectivity index (χ0v) is 28.8. The first-order chi connectivity index (χ1) is 23.7. The quantitative estimate of drug-likeness (QED) is 0.149. The molecule has 50 heavy (non-hydrogen) atoms. The molecule has 6 rings (SSSR count). The van der Waals surface area contributed by atoms with Gasteiger partial charge in [0, 0.05) is 29.3 Å². The summed E-state index contributed by atoms with van der Waals surface area (Å²) >= 11 is 0. The SMILES string of the molecule is C[C@@H](NP(=O)(OC[C@H]1O[C@@H](n2ccc(=O)[nH]c2=O)C2(CC2)[C@@H]1O)Oc1ccc2c(ccn2C(=O)OC(C)(C)C)c1)C(=O)OCc1ccccc1. The van der Waals surface area contributed by atoms with E-state index in [0.717, 1.165) is 5.56 Å². The average Bonchev–Trinajstić information content (AvgIpc) is 3.68. The van der Waals surface area contributed by atoms with E-state index in [0.29, 0.717) is 23.7 Å². The number of aromatic amines is 1. The molecule has 1 saturated carbocycles. The van der Waals surface area contributed by atoms with E-state index >= 15 is 0 Å². The number of carbonyl (C=O) groups excluding carboxylic acids is 2. The Hall–Kier alpha value is -4.53. The Morgan fingerprint density at radius 3 is 2.52 bits per heavy atom. The molecule has 0 bridgehead atoms. The first kappa shape index (κ1) is 35.3. The van der Waals surface area contributed by atoms with Crippen LogP contribution in [-0.4, -0.2) is 61.7 Å². The Kier molecular flexibility index (Phi) is 9.64. The average molecular weight is 711 g/mol. The fraction of sp³-hybridized carbons (Fsp3) is 0.412. The molecule has 3 N–H and O–H groups in total. The van der Waals surface area contributed by atoms with Crippen molar-refractivity contribution in [2.24, 2.45) is 5.41 Å². The standard InChI is InChI=1S/C34H39N4O11P/c1-21(29(41)45-19-22-8-6-5-7-9-22)36-50(44,49-24-10-11-25-23(18-24)12-16-37(25)32(43)48-33(2,3)4)46-20-26-28(40)34(14-15-34)30(47-26)38-17-13-27(39)35-31(38)42/h5-13,16-18,21,26,28,30,40H,14-15,19-20H2,1-4H3,(H,36,44)(H,35,39,42)/t21-,26-,28-,30-,50?/m1/s1. The van der Waals surface area contributed by atoms with Crippen LogP contribution in [-0.2, 0) is 34.7 Å². The molecular formula is C34H39N4O11P. The van der Waals surface area contributed by atoms with Crippen LogP contribution in [0.25, 0.3) is 10.9 Å². The van der Waals surface area contributed by atoms with Gasteiger partial charge in [0.25, 0.3) is 5.56 Å². The Labute approximate surface area is 286 Å². The van der Waals surface area contributed by atoms with Gasteiger partial charge >= 0.3 is 25.5 Å². The summed E-state index contributed by atoms with van der Waals surface area (Å²) < 4.78 is 45.6. The minimum atomic E-state index is -4.43. The number of benzene rings is 2. The van der Waals surface area contributed by atoms with Gasteiger partial charge in [-0.3, -0.25) is 28.2 Å². The van der Waals surface area contributed by atoms with E-state index in [9.17, 15) is 28.8 Å². The van der Waals surface area contributed by atoms with Gasteiger partial charge in [0.1, 0.15) is 36.3 Å². The van der Waals surface area contributed by atoms with Gasteiger partial charge in [-0.25, -0.2) is 14.2 Å². The number of aliphatic hydroxyl groups is 1. The van der Waals surface area contributed by atoms with Crippen molar-refractivity contribution in [2.75, 3.05) is 6.61 Å². The van der Waals surface area contributed by atoms with E-state index in [1.165, 1.54) is 34.4 Å². The van der Waals surface area contributed by atoms with Gasteiger partial charge in [-0.15, -0.1) is 0 Å². The molecular weight excluding hydrogens is 671 g/mol. The van der Waals surface area contributed by atoms with Gasteiger partial charge in [-0.2, -0.15) is 5.09 Å².